The number of anilines is 6. The third-order valence-electron chi connectivity index (χ3n) is 11.6. The molecule has 0 fully saturated rings. The van der Waals surface area contributed by atoms with Gasteiger partial charge in [0.1, 0.15) is 0 Å². The highest BCUT2D eigenvalue weighted by Gasteiger charge is 2.39. The standard InChI is InChI=1S/C51H36N2O/c1-51(2)42-31-33(34-26-29-45-48(32-34)54-47-24-14-13-23-44(47)53(45)36-17-7-4-8-18-36)25-28-43(42)52(35-15-5-3-6-16-35)46-30-27-41-39-21-10-9-19-37(39)38-20-11-12-22-40(38)49(41)50(46)51/h3-32H,1-2H3. The van der Waals surface area contributed by atoms with E-state index in [1.54, 1.807) is 0 Å². The first-order valence-electron chi connectivity index (χ1n) is 18.7. The molecule has 54 heavy (non-hydrogen) atoms. The molecule has 0 aromatic heterocycles. The van der Waals surface area contributed by atoms with Crippen LogP contribution in [0.5, 0.6) is 11.5 Å². The van der Waals surface area contributed by atoms with E-state index in [-0.39, 0.29) is 5.41 Å². The SMILES string of the molecule is CC1(C)c2cc(-c3ccc4c(c3)Oc3ccccc3N4c3ccccc3)ccc2N(c2ccccc2)c2ccc3c4ccccc4c4ccccc4c3c21. The monoisotopic (exact) mass is 692 g/mol. The molecule has 9 aromatic rings. The molecule has 0 spiro atoms. The topological polar surface area (TPSA) is 15.7 Å². The molecule has 0 aliphatic carbocycles. The quantitative estimate of drug-likeness (QED) is 0.171. The Bertz CT molecular complexity index is 2910. The molecule has 0 saturated carbocycles. The van der Waals surface area contributed by atoms with Crippen LogP contribution in [0.1, 0.15) is 25.0 Å². The zero-order valence-electron chi connectivity index (χ0n) is 30.1. The van der Waals surface area contributed by atoms with Crippen molar-refractivity contribution in [2.24, 2.45) is 0 Å². The third kappa shape index (κ3) is 4.42. The Balaban J connectivity index is 1.14. The van der Waals surface area contributed by atoms with Crippen LogP contribution in [-0.2, 0) is 5.41 Å². The zero-order valence-corrected chi connectivity index (χ0v) is 30.1. The molecule has 256 valence electrons. The predicted molar refractivity (Wildman–Crippen MR) is 226 cm³/mol. The summed E-state index contributed by atoms with van der Waals surface area (Å²) in [6.45, 7) is 4.82. The summed E-state index contributed by atoms with van der Waals surface area (Å²) < 4.78 is 6.64. The number of rotatable bonds is 3. The van der Waals surface area contributed by atoms with Gasteiger partial charge in [0, 0.05) is 16.8 Å². The van der Waals surface area contributed by atoms with Crippen LogP contribution in [0, 0.1) is 0 Å². The minimum absolute atomic E-state index is 0.329. The number of hydrogen-bond acceptors (Lipinski definition) is 3. The first-order valence-corrected chi connectivity index (χ1v) is 18.7. The summed E-state index contributed by atoms with van der Waals surface area (Å²) in [7, 11) is 0. The number of nitrogens with zero attached hydrogens (tertiary/aromatic N) is 2. The average Bonchev–Trinajstić information content (AvgIpc) is 3.23. The number of fused-ring (bicyclic) bond motifs is 11. The lowest BCUT2D eigenvalue weighted by Gasteiger charge is -2.43. The molecular weight excluding hydrogens is 657 g/mol. The van der Waals surface area contributed by atoms with Crippen LogP contribution < -0.4 is 14.5 Å². The molecule has 0 unspecified atom stereocenters. The van der Waals surface area contributed by atoms with Gasteiger partial charge < -0.3 is 14.5 Å². The Kier molecular flexibility index (Phi) is 6.60. The number of ether oxygens (including phenoxy) is 1. The van der Waals surface area contributed by atoms with Crippen molar-refractivity contribution in [1.82, 2.24) is 0 Å². The fourth-order valence-electron chi connectivity index (χ4n) is 9.13. The van der Waals surface area contributed by atoms with Crippen LogP contribution in [0.25, 0.3) is 43.4 Å². The normalized spacial score (nSPS) is 14.0. The maximum Gasteiger partial charge on any atom is 0.152 e. The van der Waals surface area contributed by atoms with Crippen molar-refractivity contribution in [3.05, 3.63) is 193 Å². The first-order chi connectivity index (χ1) is 26.6. The van der Waals surface area contributed by atoms with E-state index in [1.807, 2.05) is 6.07 Å². The first kappa shape index (κ1) is 30.8. The Morgan fingerprint density at radius 2 is 0.870 bits per heavy atom. The van der Waals surface area contributed by atoms with Crippen molar-refractivity contribution in [2.45, 2.75) is 19.3 Å². The van der Waals surface area contributed by atoms with Crippen LogP contribution in [0.15, 0.2) is 182 Å². The van der Waals surface area contributed by atoms with Crippen LogP contribution in [0.4, 0.5) is 34.1 Å². The molecule has 3 nitrogen and oxygen atoms in total. The van der Waals surface area contributed by atoms with E-state index < -0.39 is 0 Å². The molecule has 2 aliphatic rings. The summed E-state index contributed by atoms with van der Waals surface area (Å²) in [6, 6.07) is 65.8. The van der Waals surface area contributed by atoms with Crippen LogP contribution in [0.2, 0.25) is 0 Å². The van der Waals surface area contributed by atoms with Gasteiger partial charge in [-0.25, -0.2) is 0 Å². The van der Waals surface area contributed by atoms with E-state index in [2.05, 4.69) is 200 Å². The molecule has 3 heteroatoms. The summed E-state index contributed by atoms with van der Waals surface area (Å²) in [5, 5.41) is 7.77. The maximum absolute atomic E-state index is 6.64. The van der Waals surface area contributed by atoms with Gasteiger partial charge >= 0.3 is 0 Å². The van der Waals surface area contributed by atoms with Crippen LogP contribution in [0.3, 0.4) is 0 Å². The van der Waals surface area contributed by atoms with Gasteiger partial charge in [0.05, 0.1) is 22.7 Å². The van der Waals surface area contributed by atoms with Gasteiger partial charge in [0.2, 0.25) is 0 Å². The molecule has 0 radical (unpaired) electrons. The molecule has 0 atom stereocenters. The van der Waals surface area contributed by atoms with Crippen molar-refractivity contribution in [2.75, 3.05) is 9.80 Å². The summed E-state index contributed by atoms with van der Waals surface area (Å²) >= 11 is 0. The summed E-state index contributed by atoms with van der Waals surface area (Å²) in [5.74, 6) is 1.69. The van der Waals surface area contributed by atoms with Gasteiger partial charge in [0.15, 0.2) is 11.5 Å². The number of para-hydroxylation sites is 4. The molecule has 0 bridgehead atoms. The summed E-state index contributed by atoms with van der Waals surface area (Å²) in [4.78, 5) is 4.76. The lowest BCUT2D eigenvalue weighted by atomic mass is 9.70. The Labute approximate surface area is 314 Å². The fourth-order valence-corrected chi connectivity index (χ4v) is 9.13. The van der Waals surface area contributed by atoms with Gasteiger partial charge in [-0.1, -0.05) is 129 Å². The molecule has 0 N–H and O–H groups in total. The van der Waals surface area contributed by atoms with Gasteiger partial charge in [-0.3, -0.25) is 0 Å². The van der Waals surface area contributed by atoms with Crippen molar-refractivity contribution in [3.8, 4) is 22.6 Å². The van der Waals surface area contributed by atoms with Gasteiger partial charge in [-0.15, -0.1) is 0 Å². The minimum atomic E-state index is -0.329. The Morgan fingerprint density at radius 1 is 0.389 bits per heavy atom. The van der Waals surface area contributed by atoms with Crippen molar-refractivity contribution >= 4 is 66.4 Å². The van der Waals surface area contributed by atoms with E-state index in [9.17, 15) is 0 Å². The second-order valence-electron chi connectivity index (χ2n) is 14.9. The Hall–Kier alpha value is -6.84. The van der Waals surface area contributed by atoms with Crippen LogP contribution >= 0.6 is 0 Å². The Morgan fingerprint density at radius 3 is 1.56 bits per heavy atom. The molecule has 2 aliphatic heterocycles. The number of hydrogen-bond donors (Lipinski definition) is 0. The van der Waals surface area contributed by atoms with E-state index in [0.29, 0.717) is 0 Å². The fraction of sp³-hybridized carbons (Fsp3) is 0.0588. The van der Waals surface area contributed by atoms with E-state index in [0.717, 1.165) is 45.4 Å². The molecule has 11 rings (SSSR count). The minimum Gasteiger partial charge on any atom is -0.453 e. The number of benzene rings is 9. The molecule has 9 aromatic carbocycles. The highest BCUT2D eigenvalue weighted by Crippen LogP contribution is 2.57. The third-order valence-corrected chi connectivity index (χ3v) is 11.6. The summed E-state index contributed by atoms with van der Waals surface area (Å²) in [5.41, 5.74) is 11.3. The smallest absolute Gasteiger partial charge is 0.152 e. The predicted octanol–water partition coefficient (Wildman–Crippen LogP) is 14.5. The van der Waals surface area contributed by atoms with E-state index >= 15 is 0 Å². The summed E-state index contributed by atoms with van der Waals surface area (Å²) in [6.07, 6.45) is 0. The second kappa shape index (κ2) is 11.6. The van der Waals surface area contributed by atoms with Crippen molar-refractivity contribution in [1.29, 1.82) is 0 Å². The molecule has 0 saturated heterocycles. The molecule has 2 heterocycles. The van der Waals surface area contributed by atoms with E-state index in [1.165, 1.54) is 54.8 Å². The molecule has 0 amide bonds. The maximum atomic E-state index is 6.64. The van der Waals surface area contributed by atoms with Crippen LogP contribution in [-0.4, -0.2) is 0 Å². The van der Waals surface area contributed by atoms with Crippen molar-refractivity contribution in [3.63, 3.8) is 0 Å². The highest BCUT2D eigenvalue weighted by molar-refractivity contribution is 6.27. The van der Waals surface area contributed by atoms with E-state index in [4.69, 9.17) is 4.74 Å². The molecular formula is C51H36N2O. The lowest BCUT2D eigenvalue weighted by Crippen LogP contribution is -2.31. The van der Waals surface area contributed by atoms with Gasteiger partial charge in [-0.05, 0) is 121 Å². The highest BCUT2D eigenvalue weighted by atomic mass is 16.5. The van der Waals surface area contributed by atoms with Gasteiger partial charge in [0.25, 0.3) is 0 Å². The van der Waals surface area contributed by atoms with Gasteiger partial charge in [-0.2, -0.15) is 0 Å². The largest absolute Gasteiger partial charge is 0.453 e. The lowest BCUT2D eigenvalue weighted by molar-refractivity contribution is 0.477. The average molecular weight is 693 g/mol. The second-order valence-corrected chi connectivity index (χ2v) is 14.9. The zero-order chi connectivity index (χ0) is 36.0. The van der Waals surface area contributed by atoms with Crippen molar-refractivity contribution < 1.29 is 4.74 Å².